The summed E-state index contributed by atoms with van der Waals surface area (Å²) >= 11 is 0. The lowest BCUT2D eigenvalue weighted by molar-refractivity contribution is 0.0711. The van der Waals surface area contributed by atoms with Gasteiger partial charge in [0.15, 0.2) is 0 Å². The molecule has 0 radical (unpaired) electrons. The Labute approximate surface area is 201 Å². The highest BCUT2D eigenvalue weighted by atomic mass is 19.1. The van der Waals surface area contributed by atoms with E-state index in [1.807, 2.05) is 13.8 Å². The topological polar surface area (TPSA) is 50.2 Å². The molecule has 2 aromatic carbocycles. The molecule has 184 valence electrons. The van der Waals surface area contributed by atoms with Crippen molar-refractivity contribution in [1.82, 2.24) is 19.8 Å². The van der Waals surface area contributed by atoms with Crippen molar-refractivity contribution >= 4 is 16.9 Å². The third kappa shape index (κ3) is 6.41. The van der Waals surface area contributed by atoms with E-state index in [2.05, 4.69) is 41.9 Å². The molecule has 0 unspecified atom stereocenters. The van der Waals surface area contributed by atoms with Crippen LogP contribution in [-0.2, 0) is 19.6 Å². The first-order valence-electron chi connectivity index (χ1n) is 12.3. The van der Waals surface area contributed by atoms with E-state index >= 15 is 0 Å². The molecule has 3 rings (SSSR count). The highest BCUT2D eigenvalue weighted by Crippen LogP contribution is 2.22. The van der Waals surface area contributed by atoms with Crippen LogP contribution >= 0.6 is 0 Å². The molecule has 0 spiro atoms. The summed E-state index contributed by atoms with van der Waals surface area (Å²) in [5.41, 5.74) is 2.81. The van der Waals surface area contributed by atoms with E-state index < -0.39 is 17.5 Å². The molecule has 1 aromatic heterocycles. The number of carbonyl (C=O) groups excluding carboxylic acids is 1. The summed E-state index contributed by atoms with van der Waals surface area (Å²) in [6, 6.07) is 9.27. The Hall–Kier alpha value is -2.80. The van der Waals surface area contributed by atoms with Crippen LogP contribution in [0.15, 0.2) is 36.4 Å². The zero-order valence-electron chi connectivity index (χ0n) is 20.7. The standard InChI is InChI=1S/C27H36F2N4O/c1-5-7-12-30-16-20-8-11-25-24(14-20)31-26(33(25)13-6-2)18-32(17-19(3)4)27(34)22-15-21(28)9-10-23(22)29/h8-11,14-15,19,30H,5-7,12-13,16-18H2,1-4H3. The van der Waals surface area contributed by atoms with Gasteiger partial charge in [-0.1, -0.05) is 40.2 Å². The maximum atomic E-state index is 14.4. The first-order valence-corrected chi connectivity index (χ1v) is 12.3. The molecular formula is C27H36F2N4O. The average Bonchev–Trinajstić information content (AvgIpc) is 3.13. The van der Waals surface area contributed by atoms with Crippen molar-refractivity contribution in [2.45, 2.75) is 66.6 Å². The predicted molar refractivity (Wildman–Crippen MR) is 133 cm³/mol. The molecule has 0 fully saturated rings. The quantitative estimate of drug-likeness (QED) is 0.335. The van der Waals surface area contributed by atoms with Gasteiger partial charge < -0.3 is 14.8 Å². The van der Waals surface area contributed by atoms with E-state index in [0.29, 0.717) is 6.54 Å². The third-order valence-corrected chi connectivity index (χ3v) is 5.74. The van der Waals surface area contributed by atoms with E-state index in [-0.39, 0.29) is 18.0 Å². The molecule has 0 aliphatic carbocycles. The summed E-state index contributed by atoms with van der Waals surface area (Å²) in [4.78, 5) is 19.7. The molecule has 3 aromatic rings. The second kappa shape index (κ2) is 12.1. The van der Waals surface area contributed by atoms with E-state index in [9.17, 15) is 13.6 Å². The van der Waals surface area contributed by atoms with Gasteiger partial charge in [-0.2, -0.15) is 0 Å². The highest BCUT2D eigenvalue weighted by molar-refractivity contribution is 5.94. The lowest BCUT2D eigenvalue weighted by Crippen LogP contribution is -2.35. The number of benzene rings is 2. The minimum atomic E-state index is -0.720. The number of hydrogen-bond acceptors (Lipinski definition) is 3. The lowest BCUT2D eigenvalue weighted by Gasteiger charge is -2.25. The second-order valence-electron chi connectivity index (χ2n) is 9.24. The first-order chi connectivity index (χ1) is 16.3. The van der Waals surface area contributed by atoms with Gasteiger partial charge in [-0.15, -0.1) is 0 Å². The van der Waals surface area contributed by atoms with Crippen LogP contribution in [0.25, 0.3) is 11.0 Å². The lowest BCUT2D eigenvalue weighted by atomic mass is 10.1. The van der Waals surface area contributed by atoms with Gasteiger partial charge in [0.2, 0.25) is 0 Å². The average molecular weight is 471 g/mol. The summed E-state index contributed by atoms with van der Waals surface area (Å²) in [5.74, 6) is -0.972. The van der Waals surface area contributed by atoms with Crippen LogP contribution in [0.3, 0.4) is 0 Å². The normalized spacial score (nSPS) is 11.5. The van der Waals surface area contributed by atoms with Gasteiger partial charge in [-0.05, 0) is 61.2 Å². The highest BCUT2D eigenvalue weighted by Gasteiger charge is 2.23. The summed E-state index contributed by atoms with van der Waals surface area (Å²) in [6.45, 7) is 11.4. The van der Waals surface area contributed by atoms with E-state index in [1.54, 1.807) is 4.90 Å². The van der Waals surface area contributed by atoms with Crippen LogP contribution in [0.1, 0.15) is 68.7 Å². The first kappa shape index (κ1) is 25.8. The van der Waals surface area contributed by atoms with Crippen LogP contribution in [0.5, 0.6) is 0 Å². The van der Waals surface area contributed by atoms with Crippen molar-refractivity contribution in [3.8, 4) is 0 Å². The van der Waals surface area contributed by atoms with Gasteiger partial charge in [0.25, 0.3) is 5.91 Å². The van der Waals surface area contributed by atoms with Crippen LogP contribution in [0.4, 0.5) is 8.78 Å². The van der Waals surface area contributed by atoms with Gasteiger partial charge >= 0.3 is 0 Å². The van der Waals surface area contributed by atoms with Gasteiger partial charge in [0, 0.05) is 19.6 Å². The van der Waals surface area contributed by atoms with Crippen LogP contribution < -0.4 is 5.32 Å². The van der Waals surface area contributed by atoms with Gasteiger partial charge in [-0.25, -0.2) is 13.8 Å². The van der Waals surface area contributed by atoms with Gasteiger partial charge in [0.05, 0.1) is 23.1 Å². The number of halogens is 2. The van der Waals surface area contributed by atoms with Crippen molar-refractivity contribution in [3.05, 3.63) is 65.0 Å². The Morgan fingerprint density at radius 2 is 1.91 bits per heavy atom. The number of amides is 1. The number of hydrogen-bond donors (Lipinski definition) is 1. The Kier molecular flexibility index (Phi) is 9.16. The molecule has 7 heteroatoms. The van der Waals surface area contributed by atoms with Crippen molar-refractivity contribution in [2.24, 2.45) is 5.92 Å². The predicted octanol–water partition coefficient (Wildman–Crippen LogP) is 5.91. The number of nitrogens with one attached hydrogen (secondary N) is 1. The Balaban J connectivity index is 1.92. The summed E-state index contributed by atoms with van der Waals surface area (Å²) in [7, 11) is 0. The maximum Gasteiger partial charge on any atom is 0.257 e. The van der Waals surface area contributed by atoms with Crippen LogP contribution in [0, 0.1) is 17.6 Å². The molecular weight excluding hydrogens is 434 g/mol. The number of fused-ring (bicyclic) bond motifs is 1. The monoisotopic (exact) mass is 470 g/mol. The number of unbranched alkanes of at least 4 members (excludes halogenated alkanes) is 1. The molecule has 1 N–H and O–H groups in total. The zero-order chi connectivity index (χ0) is 24.7. The molecule has 0 saturated carbocycles. The summed E-state index contributed by atoms with van der Waals surface area (Å²) in [5, 5.41) is 3.46. The fourth-order valence-electron chi connectivity index (χ4n) is 4.13. The number of aromatic nitrogens is 2. The van der Waals surface area contributed by atoms with Gasteiger partial charge in [-0.3, -0.25) is 4.79 Å². The zero-order valence-corrected chi connectivity index (χ0v) is 20.7. The van der Waals surface area contributed by atoms with Gasteiger partial charge in [0.1, 0.15) is 17.5 Å². The maximum absolute atomic E-state index is 14.4. The number of nitrogens with zero attached hydrogens (tertiary/aromatic N) is 3. The van der Waals surface area contributed by atoms with Crippen molar-refractivity contribution in [2.75, 3.05) is 13.1 Å². The largest absolute Gasteiger partial charge is 0.331 e. The molecule has 0 aliphatic heterocycles. The van der Waals surface area contributed by atoms with E-state index in [0.717, 1.165) is 79.5 Å². The van der Waals surface area contributed by atoms with E-state index in [1.165, 1.54) is 0 Å². The molecule has 0 saturated heterocycles. The number of imidazole rings is 1. The SMILES string of the molecule is CCCCNCc1ccc2c(c1)nc(CN(CC(C)C)C(=O)c1cc(F)ccc1F)n2CCC. The van der Waals surface area contributed by atoms with Crippen LogP contribution in [0.2, 0.25) is 0 Å². The Bertz CT molecular complexity index is 1110. The third-order valence-electron chi connectivity index (χ3n) is 5.74. The molecule has 5 nitrogen and oxygen atoms in total. The minimum absolute atomic E-state index is 0.158. The minimum Gasteiger partial charge on any atom is -0.331 e. The molecule has 0 atom stereocenters. The van der Waals surface area contributed by atoms with Crippen molar-refractivity contribution in [1.29, 1.82) is 0 Å². The Morgan fingerprint density at radius 3 is 2.62 bits per heavy atom. The van der Waals surface area contributed by atoms with Crippen LogP contribution in [-0.4, -0.2) is 33.4 Å². The second-order valence-corrected chi connectivity index (χ2v) is 9.24. The molecule has 34 heavy (non-hydrogen) atoms. The molecule has 1 heterocycles. The van der Waals surface area contributed by atoms with E-state index in [4.69, 9.17) is 4.98 Å². The van der Waals surface area contributed by atoms with Crippen molar-refractivity contribution in [3.63, 3.8) is 0 Å². The fourth-order valence-corrected chi connectivity index (χ4v) is 4.13. The summed E-state index contributed by atoms with van der Waals surface area (Å²) in [6.07, 6.45) is 3.21. The fraction of sp³-hybridized carbons (Fsp3) is 0.481. The summed E-state index contributed by atoms with van der Waals surface area (Å²) < 4.78 is 30.3. The number of aryl methyl sites for hydroxylation is 1. The molecule has 0 bridgehead atoms. The number of rotatable bonds is 12. The molecule has 1 amide bonds. The van der Waals surface area contributed by atoms with Crippen molar-refractivity contribution < 1.29 is 13.6 Å². The smallest absolute Gasteiger partial charge is 0.257 e. The molecule has 0 aliphatic rings. The Morgan fingerprint density at radius 1 is 1.12 bits per heavy atom. The number of carbonyl (C=O) groups is 1.